The predicted octanol–water partition coefficient (Wildman–Crippen LogP) is -11.0. The molecule has 11 rings (SSSR count). The maximum atomic E-state index is 12.9. The Morgan fingerprint density at radius 3 is 1.16 bits per heavy atom. The quantitative estimate of drug-likeness (QED) is 0.0320. The number of nitrogens with one attached hydrogen (secondary N) is 2. The van der Waals surface area contributed by atoms with Crippen LogP contribution in [0.1, 0.15) is 0 Å². The van der Waals surface area contributed by atoms with Crippen LogP contribution in [0.4, 0.5) is 0 Å². The molecular weight excluding hydrogens is 1340 g/mol. The fourth-order valence-corrected chi connectivity index (χ4v) is 11.7. The van der Waals surface area contributed by atoms with Crippen molar-refractivity contribution in [2.75, 3.05) is 0 Å². The van der Waals surface area contributed by atoms with Gasteiger partial charge in [0.2, 0.25) is 0 Å². The van der Waals surface area contributed by atoms with Crippen molar-refractivity contribution in [2.24, 2.45) is 0 Å². The molecule has 0 atom stereocenters. The second-order valence-electron chi connectivity index (χ2n) is 16.1. The third-order valence-electron chi connectivity index (χ3n) is 11.7. The largest absolute Gasteiger partial charge is 1.00 e. The first-order valence-corrected chi connectivity index (χ1v) is 28.3. The van der Waals surface area contributed by atoms with Crippen molar-refractivity contribution in [3.05, 3.63) is 97.1 Å². The van der Waals surface area contributed by atoms with E-state index in [-0.39, 0.29) is 363 Å². The van der Waals surface area contributed by atoms with E-state index >= 15 is 0 Å². The summed E-state index contributed by atoms with van der Waals surface area (Å²) in [6.45, 7) is 0. The molecule has 0 bridgehead atoms. The van der Waals surface area contributed by atoms with Crippen LogP contribution >= 0.6 is 0 Å². The molecular formula is C42H24K6N2O24S6+6. The van der Waals surface area contributed by atoms with Gasteiger partial charge in [-0.25, -0.2) is 0 Å². The average Bonchev–Trinajstić information content (AvgIpc) is 3.85. The molecule has 0 fully saturated rings. The SMILES string of the molecule is O=S(=O)(O)Oc1ccc2cc3c(ccc4c3[nH]c3c5c(OS(=O)(=O)O)c6ccccc6c(OS(=O)(=O)O)c5c5[nH]c6c7c(OS(=O)(=O)O)c8ccccc8c(OS(=O)(=O)O)c7cc(OS(=O)(=O)O)c6c5c43)cc2c1.[K+].[K+].[K+].[K+].[K+].[K+]. The molecule has 26 nitrogen and oxygen atoms in total. The van der Waals surface area contributed by atoms with Crippen LogP contribution < -0.4 is 333 Å². The fraction of sp³-hybridized carbons (Fsp3) is 0. The van der Waals surface area contributed by atoms with Gasteiger partial charge >= 0.3 is 371 Å². The number of H-pyrrole nitrogens is 2. The number of rotatable bonds is 12. The van der Waals surface area contributed by atoms with Gasteiger partial charge in [-0.05, 0) is 46.5 Å². The van der Waals surface area contributed by atoms with Gasteiger partial charge in [0.25, 0.3) is 0 Å². The number of hydrogen-bond donors (Lipinski definition) is 8. The van der Waals surface area contributed by atoms with E-state index < -0.39 is 129 Å². The van der Waals surface area contributed by atoms with E-state index in [1.165, 1.54) is 66.7 Å². The smallest absolute Gasteiger partial charge is 0.362 e. The molecule has 0 aliphatic rings. The van der Waals surface area contributed by atoms with E-state index in [9.17, 15) is 77.8 Å². The Bertz CT molecular complexity index is 5170. The molecule has 11 aromatic rings. The molecule has 80 heavy (non-hydrogen) atoms. The number of fused-ring (bicyclic) bond motifs is 17. The van der Waals surface area contributed by atoms with Gasteiger partial charge in [-0.1, -0.05) is 66.7 Å². The van der Waals surface area contributed by atoms with Crippen molar-refractivity contribution in [3.8, 4) is 34.5 Å². The normalized spacial score (nSPS) is 12.4. The zero-order chi connectivity index (χ0) is 53.0. The summed E-state index contributed by atoms with van der Waals surface area (Å²) in [6.07, 6.45) is 0. The molecule has 0 aliphatic carbocycles. The van der Waals surface area contributed by atoms with Crippen molar-refractivity contribution in [1.29, 1.82) is 0 Å². The minimum absolute atomic E-state index is 0. The van der Waals surface area contributed by atoms with Gasteiger partial charge in [0.1, 0.15) is 5.75 Å². The van der Waals surface area contributed by atoms with Crippen LogP contribution in [0, 0.1) is 0 Å². The summed E-state index contributed by atoms with van der Waals surface area (Å²) in [6, 6.07) is 20.7. The Kier molecular flexibility index (Phi) is 24.2. The molecule has 0 radical (unpaired) electrons. The van der Waals surface area contributed by atoms with Crippen LogP contribution in [0.5, 0.6) is 34.5 Å². The zero-order valence-corrected chi connectivity index (χ0v) is 65.4. The third kappa shape index (κ3) is 14.8. The van der Waals surface area contributed by atoms with E-state index in [0.717, 1.165) is 12.1 Å². The van der Waals surface area contributed by atoms with Crippen LogP contribution in [0.2, 0.25) is 0 Å². The molecule has 2 heterocycles. The van der Waals surface area contributed by atoms with E-state index in [0.29, 0.717) is 27.6 Å². The molecule has 0 spiro atoms. The first-order valence-electron chi connectivity index (χ1n) is 20.1. The van der Waals surface area contributed by atoms with Crippen molar-refractivity contribution >= 4 is 171 Å². The number of hydrogen-bond acceptors (Lipinski definition) is 18. The Hall–Kier alpha value is 2.22. The van der Waals surface area contributed by atoms with Gasteiger partial charge in [0.05, 0.1) is 43.6 Å². The van der Waals surface area contributed by atoms with Crippen molar-refractivity contribution in [3.63, 3.8) is 0 Å². The summed E-state index contributed by atoms with van der Waals surface area (Å²) in [5.41, 5.74) is -1.21. The average molecular weight is 1370 g/mol. The van der Waals surface area contributed by atoms with Crippen LogP contribution in [0.15, 0.2) is 97.1 Å². The first kappa shape index (κ1) is 73.0. The maximum Gasteiger partial charge on any atom is 1.00 e. The molecule has 9 aromatic carbocycles. The van der Waals surface area contributed by atoms with Crippen molar-refractivity contribution in [1.82, 2.24) is 9.97 Å². The summed E-state index contributed by atoms with van der Waals surface area (Å²) in [4.78, 5) is 6.06. The van der Waals surface area contributed by atoms with Gasteiger partial charge < -0.3 is 35.1 Å². The summed E-state index contributed by atoms with van der Waals surface area (Å²) in [5, 5.41) is -3.18. The summed E-state index contributed by atoms with van der Waals surface area (Å²) >= 11 is 0. The number of aromatic amines is 2. The van der Waals surface area contributed by atoms with Gasteiger partial charge in [0.15, 0.2) is 28.7 Å². The predicted molar refractivity (Wildman–Crippen MR) is 263 cm³/mol. The van der Waals surface area contributed by atoms with Gasteiger partial charge in [-0.2, -0.15) is 50.5 Å². The minimum atomic E-state index is -5.69. The van der Waals surface area contributed by atoms with Crippen LogP contribution in [0.25, 0.3) is 108 Å². The Morgan fingerprint density at radius 2 is 0.688 bits per heavy atom. The summed E-state index contributed by atoms with van der Waals surface area (Å²) in [7, 11) is -33.0. The first-order chi connectivity index (χ1) is 34.4. The summed E-state index contributed by atoms with van der Waals surface area (Å²) in [5.74, 6) is -4.53. The van der Waals surface area contributed by atoms with Crippen molar-refractivity contribution in [2.45, 2.75) is 0 Å². The molecule has 0 aliphatic heterocycles. The maximum absolute atomic E-state index is 12.9. The molecule has 0 saturated heterocycles. The Balaban J connectivity index is 0.00000196. The van der Waals surface area contributed by atoms with Gasteiger partial charge in [0, 0.05) is 48.5 Å². The molecule has 8 N–H and O–H groups in total. The van der Waals surface area contributed by atoms with E-state index in [1.807, 2.05) is 0 Å². The van der Waals surface area contributed by atoms with Crippen molar-refractivity contribution < 1.29 is 411 Å². The van der Waals surface area contributed by atoms with E-state index in [2.05, 4.69) is 14.2 Å². The van der Waals surface area contributed by atoms with Gasteiger partial charge in [-0.15, -0.1) is 0 Å². The van der Waals surface area contributed by atoms with Crippen LogP contribution in [-0.4, -0.2) is 87.8 Å². The standard InChI is InChI=1S/C42H24N2O24S6.6K/c45-69(46,47)63-20-11-9-17-15-26-18(13-19(17)14-20)10-12-25-29-32-31-28(64-70(48,49)50)16-27-30(40(66-72(54,55)56)22-6-2-1-5-21(22)39(27)65-71(51,52)53)37(31)44-38(32)34-33(36(29)43-35(25)26)41(67-73(57,58)59)23-7-3-4-8-24(23)42(34)68-74(60,61)62;;;;;;/h1-16,43-44H,(H,45,46,47)(H,48,49,50)(H,51,52,53)(H,54,55,56)(H,57,58,59)(H,60,61,62);;;;;;/q;6*+1. The van der Waals surface area contributed by atoms with Gasteiger partial charge in [-0.3, -0.25) is 27.3 Å². The second kappa shape index (κ2) is 26.6. The topological polar surface area (TPSA) is 413 Å². The third-order valence-corrected chi connectivity index (χ3v) is 14.0. The minimum Gasteiger partial charge on any atom is -0.362 e. The Labute approximate surface area is 706 Å². The van der Waals surface area contributed by atoms with E-state index in [4.69, 9.17) is 20.9 Å². The van der Waals surface area contributed by atoms with Crippen LogP contribution in [0.3, 0.4) is 0 Å². The monoisotopic (exact) mass is 1370 g/mol. The Morgan fingerprint density at radius 1 is 0.287 bits per heavy atom. The fourth-order valence-electron chi connectivity index (χ4n) is 9.49. The molecule has 2 aromatic heterocycles. The number of benzene rings is 9. The second-order valence-corrected chi connectivity index (χ2v) is 22.2. The van der Waals surface area contributed by atoms with Crippen LogP contribution in [-0.2, 0) is 62.4 Å². The number of aromatic nitrogens is 2. The zero-order valence-electron chi connectivity index (χ0n) is 41.7. The molecule has 0 amide bonds. The molecule has 0 unspecified atom stereocenters. The van der Waals surface area contributed by atoms with E-state index in [1.54, 1.807) is 12.1 Å². The molecule has 382 valence electrons. The summed E-state index contributed by atoms with van der Waals surface area (Å²) < 4.78 is 242. The molecule has 38 heteroatoms. The molecule has 0 saturated carbocycles.